The Balaban J connectivity index is 2.24. The molecule has 1 unspecified atom stereocenters. The summed E-state index contributed by atoms with van der Waals surface area (Å²) in [6, 6.07) is 3.28. The molecule has 0 bridgehead atoms. The van der Waals surface area contributed by atoms with E-state index in [1.165, 1.54) is 12.1 Å². The number of carboxylic acid groups (broad SMARTS) is 1. The number of nitrogens with one attached hydrogen (secondary N) is 1. The molecule has 1 aromatic carbocycles. The summed E-state index contributed by atoms with van der Waals surface area (Å²) in [6.07, 6.45) is 2.87. The number of rotatable bonds is 7. The van der Waals surface area contributed by atoms with Gasteiger partial charge in [-0.05, 0) is 31.4 Å². The number of aliphatic carboxylic acids is 1. The molecule has 1 saturated heterocycles. The van der Waals surface area contributed by atoms with Gasteiger partial charge in [-0.15, -0.1) is 0 Å². The summed E-state index contributed by atoms with van der Waals surface area (Å²) in [5, 5.41) is 22.9. The molecule has 0 radical (unpaired) electrons. The molecule has 1 fully saturated rings. The van der Waals surface area contributed by atoms with E-state index in [-0.39, 0.29) is 11.3 Å². The lowest BCUT2D eigenvalue weighted by Gasteiger charge is -2.18. The van der Waals surface area contributed by atoms with Crippen LogP contribution in [-0.4, -0.2) is 41.0 Å². The topological polar surface area (TPSA) is 113 Å². The lowest BCUT2D eigenvalue weighted by atomic mass is 10.1. The van der Waals surface area contributed by atoms with Crippen LogP contribution in [0, 0.1) is 10.1 Å². The quantitative estimate of drug-likeness (QED) is 0.583. The molecule has 1 aliphatic heterocycles. The average molecular weight is 335 g/mol. The molecule has 8 nitrogen and oxygen atoms in total. The lowest BCUT2D eigenvalue weighted by Crippen LogP contribution is -2.40. The van der Waals surface area contributed by atoms with E-state index in [1.54, 1.807) is 6.07 Å². The van der Waals surface area contributed by atoms with E-state index in [2.05, 4.69) is 5.32 Å². The van der Waals surface area contributed by atoms with Crippen LogP contribution in [0.5, 0.6) is 0 Å². The molecular weight excluding hydrogens is 314 g/mol. The van der Waals surface area contributed by atoms with Gasteiger partial charge < -0.3 is 15.3 Å². The van der Waals surface area contributed by atoms with Gasteiger partial charge in [0, 0.05) is 24.7 Å². The zero-order valence-corrected chi connectivity index (χ0v) is 13.5. The maximum absolute atomic E-state index is 12.2. The Hall–Kier alpha value is -2.64. The van der Waals surface area contributed by atoms with Gasteiger partial charge >= 0.3 is 5.97 Å². The fraction of sp³-hybridized carbons (Fsp3) is 0.500. The van der Waals surface area contributed by atoms with E-state index in [0.29, 0.717) is 18.5 Å². The Morgan fingerprint density at radius 3 is 2.58 bits per heavy atom. The number of nitrogens with zero attached hydrogens (tertiary/aromatic N) is 2. The largest absolute Gasteiger partial charge is 0.480 e. The summed E-state index contributed by atoms with van der Waals surface area (Å²) < 4.78 is 0. The Bertz CT molecular complexity index is 641. The SMILES string of the molecule is CCCC(NC(=O)c1ccc(N2CCCC2)c([N+](=O)[O-])c1)C(=O)O. The lowest BCUT2D eigenvalue weighted by molar-refractivity contribution is -0.384. The standard InChI is InChI=1S/C16H21N3O5/c1-2-5-12(16(21)22)17-15(20)11-6-7-13(14(10-11)19(23)24)18-8-3-4-9-18/h6-7,10,12H,2-5,8-9H2,1H3,(H,17,20)(H,21,22). The molecule has 0 aromatic heterocycles. The van der Waals surface area contributed by atoms with Gasteiger partial charge in [-0.25, -0.2) is 4.79 Å². The Morgan fingerprint density at radius 1 is 1.38 bits per heavy atom. The first-order valence-electron chi connectivity index (χ1n) is 8.01. The predicted molar refractivity (Wildman–Crippen MR) is 88.3 cm³/mol. The van der Waals surface area contributed by atoms with Crippen molar-refractivity contribution in [3.05, 3.63) is 33.9 Å². The van der Waals surface area contributed by atoms with Crippen molar-refractivity contribution in [3.63, 3.8) is 0 Å². The number of amides is 1. The molecule has 1 atom stereocenters. The number of carboxylic acids is 1. The van der Waals surface area contributed by atoms with Crippen molar-refractivity contribution >= 4 is 23.3 Å². The third-order valence-corrected chi connectivity index (χ3v) is 4.06. The number of hydrogen-bond donors (Lipinski definition) is 2. The van der Waals surface area contributed by atoms with Crippen LogP contribution in [0.15, 0.2) is 18.2 Å². The highest BCUT2D eigenvalue weighted by molar-refractivity contribution is 5.97. The first-order chi connectivity index (χ1) is 11.4. The number of benzene rings is 1. The minimum absolute atomic E-state index is 0.0898. The number of nitro groups is 1. The van der Waals surface area contributed by atoms with Gasteiger partial charge in [-0.3, -0.25) is 14.9 Å². The minimum Gasteiger partial charge on any atom is -0.480 e. The van der Waals surface area contributed by atoms with Crippen molar-refractivity contribution in [1.82, 2.24) is 5.32 Å². The third kappa shape index (κ3) is 4.01. The van der Waals surface area contributed by atoms with Gasteiger partial charge in [0.25, 0.3) is 11.6 Å². The molecule has 0 saturated carbocycles. The van der Waals surface area contributed by atoms with Crippen LogP contribution in [0.3, 0.4) is 0 Å². The number of nitro benzene ring substituents is 1. The summed E-state index contributed by atoms with van der Waals surface area (Å²) in [5.74, 6) is -1.74. The van der Waals surface area contributed by atoms with Gasteiger partial charge in [0.2, 0.25) is 0 Å². The van der Waals surface area contributed by atoms with Gasteiger partial charge in [0.05, 0.1) is 4.92 Å². The maximum atomic E-state index is 12.2. The molecule has 1 aliphatic rings. The van der Waals surface area contributed by atoms with E-state index >= 15 is 0 Å². The van der Waals surface area contributed by atoms with E-state index in [0.717, 1.165) is 25.9 Å². The van der Waals surface area contributed by atoms with Crippen molar-refractivity contribution in [3.8, 4) is 0 Å². The summed E-state index contributed by atoms with van der Waals surface area (Å²) in [5.41, 5.74) is 0.455. The van der Waals surface area contributed by atoms with Gasteiger partial charge in [-0.2, -0.15) is 0 Å². The fourth-order valence-electron chi connectivity index (χ4n) is 2.82. The molecule has 8 heteroatoms. The first kappa shape index (κ1) is 17.7. The summed E-state index contributed by atoms with van der Waals surface area (Å²) >= 11 is 0. The van der Waals surface area contributed by atoms with Crippen LogP contribution < -0.4 is 10.2 Å². The second-order valence-electron chi connectivity index (χ2n) is 5.81. The summed E-state index contributed by atoms with van der Waals surface area (Å²) in [6.45, 7) is 3.33. The summed E-state index contributed by atoms with van der Waals surface area (Å²) in [4.78, 5) is 36.1. The minimum atomic E-state index is -1.12. The summed E-state index contributed by atoms with van der Waals surface area (Å²) in [7, 11) is 0. The van der Waals surface area contributed by atoms with Crippen molar-refractivity contribution in [2.45, 2.75) is 38.6 Å². The van der Waals surface area contributed by atoms with Crippen molar-refractivity contribution in [2.75, 3.05) is 18.0 Å². The number of carbonyl (C=O) groups is 2. The first-order valence-corrected chi connectivity index (χ1v) is 8.01. The smallest absolute Gasteiger partial charge is 0.326 e. The molecule has 1 aromatic rings. The predicted octanol–water partition coefficient (Wildman–Crippen LogP) is 2.18. The normalized spacial score (nSPS) is 15.1. The van der Waals surface area contributed by atoms with Crippen molar-refractivity contribution in [1.29, 1.82) is 0 Å². The molecular formula is C16H21N3O5. The fourth-order valence-corrected chi connectivity index (χ4v) is 2.82. The van der Waals surface area contributed by atoms with Gasteiger partial charge in [0.15, 0.2) is 0 Å². The van der Waals surface area contributed by atoms with Crippen LogP contribution in [0.1, 0.15) is 43.0 Å². The zero-order valence-electron chi connectivity index (χ0n) is 13.5. The van der Waals surface area contributed by atoms with E-state index in [4.69, 9.17) is 5.11 Å². The number of anilines is 1. The van der Waals surface area contributed by atoms with Crippen LogP contribution >= 0.6 is 0 Å². The molecule has 0 aliphatic carbocycles. The monoisotopic (exact) mass is 335 g/mol. The number of carbonyl (C=O) groups excluding carboxylic acids is 1. The van der Waals surface area contributed by atoms with Crippen molar-refractivity contribution < 1.29 is 19.6 Å². The van der Waals surface area contributed by atoms with Crippen LogP contribution in [0.25, 0.3) is 0 Å². The van der Waals surface area contributed by atoms with Gasteiger partial charge in [-0.1, -0.05) is 13.3 Å². The molecule has 1 heterocycles. The van der Waals surface area contributed by atoms with Crippen LogP contribution in [0.4, 0.5) is 11.4 Å². The van der Waals surface area contributed by atoms with Crippen LogP contribution in [0.2, 0.25) is 0 Å². The second kappa shape index (κ2) is 7.76. The maximum Gasteiger partial charge on any atom is 0.326 e. The van der Waals surface area contributed by atoms with Crippen LogP contribution in [-0.2, 0) is 4.79 Å². The van der Waals surface area contributed by atoms with E-state index in [1.807, 2.05) is 11.8 Å². The molecule has 0 spiro atoms. The van der Waals surface area contributed by atoms with E-state index < -0.39 is 22.8 Å². The average Bonchev–Trinajstić information content (AvgIpc) is 3.07. The Labute approximate surface area is 139 Å². The highest BCUT2D eigenvalue weighted by atomic mass is 16.6. The highest BCUT2D eigenvalue weighted by Gasteiger charge is 2.25. The zero-order chi connectivity index (χ0) is 17.7. The highest BCUT2D eigenvalue weighted by Crippen LogP contribution is 2.31. The van der Waals surface area contributed by atoms with Gasteiger partial charge in [0.1, 0.15) is 11.7 Å². The Morgan fingerprint density at radius 2 is 2.04 bits per heavy atom. The molecule has 2 rings (SSSR count). The number of hydrogen-bond acceptors (Lipinski definition) is 5. The molecule has 1 amide bonds. The molecule has 2 N–H and O–H groups in total. The van der Waals surface area contributed by atoms with E-state index in [9.17, 15) is 19.7 Å². The second-order valence-corrected chi connectivity index (χ2v) is 5.81. The van der Waals surface area contributed by atoms with Crippen molar-refractivity contribution in [2.24, 2.45) is 0 Å². The Kier molecular flexibility index (Phi) is 5.73. The molecule has 130 valence electrons. The molecule has 24 heavy (non-hydrogen) atoms. The third-order valence-electron chi connectivity index (χ3n) is 4.06.